The van der Waals surface area contributed by atoms with Gasteiger partial charge in [0.2, 0.25) is 0 Å². The summed E-state index contributed by atoms with van der Waals surface area (Å²) in [6.07, 6.45) is 1.15. The van der Waals surface area contributed by atoms with Gasteiger partial charge in [0.05, 0.1) is 37.6 Å². The molecule has 1 fully saturated rings. The summed E-state index contributed by atoms with van der Waals surface area (Å²) in [4.78, 5) is 12.6. The molecule has 1 aromatic rings. The van der Waals surface area contributed by atoms with Gasteiger partial charge in [0, 0.05) is 37.5 Å². The molecule has 0 radical (unpaired) electrons. The number of aliphatic imine (C=N–C) groups is 1. The van der Waals surface area contributed by atoms with Crippen molar-refractivity contribution in [2.75, 3.05) is 46.6 Å². The van der Waals surface area contributed by atoms with E-state index < -0.39 is 0 Å². The van der Waals surface area contributed by atoms with Crippen LogP contribution < -0.4 is 5.32 Å². The number of ether oxygens (including phenoxy) is 2. The van der Waals surface area contributed by atoms with Gasteiger partial charge in [-0.15, -0.1) is 35.3 Å². The van der Waals surface area contributed by atoms with Crippen LogP contribution in [0.5, 0.6) is 0 Å². The minimum Gasteiger partial charge on any atom is -0.382 e. The minimum absolute atomic E-state index is 0. The average molecular weight is 468 g/mol. The number of nitrogens with one attached hydrogen (secondary N) is 1. The van der Waals surface area contributed by atoms with Gasteiger partial charge in [-0.25, -0.2) is 9.98 Å². The fraction of sp³-hybridized carbons (Fsp3) is 0.750. The van der Waals surface area contributed by atoms with E-state index in [9.17, 15) is 0 Å². The molecule has 0 spiro atoms. The maximum absolute atomic E-state index is 5.66. The van der Waals surface area contributed by atoms with Crippen LogP contribution in [0.2, 0.25) is 0 Å². The quantitative estimate of drug-likeness (QED) is 0.275. The summed E-state index contributed by atoms with van der Waals surface area (Å²) in [6, 6.07) is 0. The molecule has 8 heteroatoms. The minimum atomic E-state index is 0. The number of hydrogen-bond donors (Lipinski definition) is 1. The molecule has 1 atom stereocenters. The zero-order chi connectivity index (χ0) is 16.5. The van der Waals surface area contributed by atoms with E-state index in [-0.39, 0.29) is 24.0 Å². The summed E-state index contributed by atoms with van der Waals surface area (Å²) in [7, 11) is 1.70. The Morgan fingerprint density at radius 2 is 2.33 bits per heavy atom. The zero-order valence-electron chi connectivity index (χ0n) is 14.8. The number of rotatable bonds is 8. The molecule has 2 heterocycles. The van der Waals surface area contributed by atoms with Crippen molar-refractivity contribution >= 4 is 41.3 Å². The van der Waals surface area contributed by atoms with E-state index in [1.807, 2.05) is 12.4 Å². The highest BCUT2D eigenvalue weighted by Crippen LogP contribution is 2.18. The second kappa shape index (κ2) is 12.0. The molecule has 1 N–H and O–H groups in total. The Kier molecular flexibility index (Phi) is 10.8. The fourth-order valence-corrected chi connectivity index (χ4v) is 3.30. The molecule has 1 aromatic heterocycles. The number of guanidine groups is 1. The van der Waals surface area contributed by atoms with Crippen molar-refractivity contribution in [2.45, 2.75) is 26.8 Å². The van der Waals surface area contributed by atoms with E-state index in [1.54, 1.807) is 18.4 Å². The molecule has 138 valence electrons. The van der Waals surface area contributed by atoms with E-state index in [0.29, 0.717) is 25.7 Å². The highest BCUT2D eigenvalue weighted by molar-refractivity contribution is 14.0. The van der Waals surface area contributed by atoms with Crippen molar-refractivity contribution in [1.29, 1.82) is 0 Å². The van der Waals surface area contributed by atoms with Crippen LogP contribution in [0.15, 0.2) is 10.5 Å². The highest BCUT2D eigenvalue weighted by atomic mass is 127. The van der Waals surface area contributed by atoms with E-state index in [1.165, 1.54) is 4.88 Å². The average Bonchev–Trinajstić information content (AvgIpc) is 3.17. The molecule has 1 aliphatic heterocycles. The van der Waals surface area contributed by atoms with E-state index in [2.05, 4.69) is 22.1 Å². The maximum Gasteiger partial charge on any atom is 0.194 e. The normalized spacial score (nSPS) is 17.9. The lowest BCUT2D eigenvalue weighted by Crippen LogP contribution is -2.40. The summed E-state index contributed by atoms with van der Waals surface area (Å²) in [5.74, 6) is 1.57. The molecule has 0 saturated carbocycles. The summed E-state index contributed by atoms with van der Waals surface area (Å²) < 4.78 is 10.7. The van der Waals surface area contributed by atoms with Crippen molar-refractivity contribution in [3.8, 4) is 0 Å². The standard InChI is InChI=1S/C16H28N4O2S.HI/c1-4-17-16(18-9-15-13(2)19-12-23-15)20-6-5-14(10-20)11-22-8-7-21-3;/h12,14H,4-11H2,1-3H3,(H,17,18);1H. The molecule has 1 saturated heterocycles. The van der Waals surface area contributed by atoms with Crippen molar-refractivity contribution in [3.05, 3.63) is 16.1 Å². The van der Waals surface area contributed by atoms with Gasteiger partial charge in [-0.2, -0.15) is 0 Å². The Morgan fingerprint density at radius 1 is 1.50 bits per heavy atom. The van der Waals surface area contributed by atoms with Gasteiger partial charge in [0.25, 0.3) is 0 Å². The van der Waals surface area contributed by atoms with Crippen LogP contribution in [0.3, 0.4) is 0 Å². The van der Waals surface area contributed by atoms with Gasteiger partial charge in [0.15, 0.2) is 5.96 Å². The zero-order valence-corrected chi connectivity index (χ0v) is 17.9. The monoisotopic (exact) mass is 468 g/mol. The molecule has 2 rings (SSSR count). The van der Waals surface area contributed by atoms with E-state index in [0.717, 1.165) is 44.3 Å². The van der Waals surface area contributed by atoms with E-state index in [4.69, 9.17) is 14.5 Å². The second-order valence-corrected chi connectivity index (χ2v) is 6.64. The molecule has 6 nitrogen and oxygen atoms in total. The van der Waals surface area contributed by atoms with Crippen LogP contribution in [-0.4, -0.2) is 62.4 Å². The first kappa shape index (κ1) is 21.6. The number of methoxy groups -OCH3 is 1. The highest BCUT2D eigenvalue weighted by Gasteiger charge is 2.25. The smallest absolute Gasteiger partial charge is 0.194 e. The SMILES string of the molecule is CCNC(=NCc1scnc1C)N1CCC(COCCOC)C1.I. The van der Waals surface area contributed by atoms with E-state index >= 15 is 0 Å². The molecule has 1 unspecified atom stereocenters. The Bertz CT molecular complexity index is 498. The predicted octanol–water partition coefficient (Wildman–Crippen LogP) is 2.52. The van der Waals surface area contributed by atoms with Gasteiger partial charge in [0.1, 0.15) is 0 Å². The van der Waals surface area contributed by atoms with Crippen LogP contribution in [0, 0.1) is 12.8 Å². The number of aromatic nitrogens is 1. The lowest BCUT2D eigenvalue weighted by Gasteiger charge is -2.21. The number of likely N-dealkylation sites (tertiary alicyclic amines) is 1. The summed E-state index contributed by atoms with van der Waals surface area (Å²) in [5, 5.41) is 3.40. The Hall–Kier alpha value is -0.450. The number of thiazole rings is 1. The maximum atomic E-state index is 5.66. The lowest BCUT2D eigenvalue weighted by atomic mass is 10.1. The van der Waals surface area contributed by atoms with Gasteiger partial charge in [-0.3, -0.25) is 0 Å². The van der Waals surface area contributed by atoms with Crippen molar-refractivity contribution in [3.63, 3.8) is 0 Å². The Labute approximate surface area is 166 Å². The Balaban J connectivity index is 0.00000288. The third-order valence-electron chi connectivity index (χ3n) is 3.92. The lowest BCUT2D eigenvalue weighted by molar-refractivity contribution is 0.0536. The number of aryl methyl sites for hydroxylation is 1. The molecular weight excluding hydrogens is 439 g/mol. The third kappa shape index (κ3) is 6.81. The van der Waals surface area contributed by atoms with Crippen molar-refractivity contribution in [1.82, 2.24) is 15.2 Å². The van der Waals surface area contributed by atoms with Gasteiger partial charge >= 0.3 is 0 Å². The molecule has 0 bridgehead atoms. The molecule has 0 aliphatic carbocycles. The first-order valence-corrected chi connectivity index (χ1v) is 9.11. The van der Waals surface area contributed by atoms with Crippen molar-refractivity contribution in [2.24, 2.45) is 10.9 Å². The summed E-state index contributed by atoms with van der Waals surface area (Å²) >= 11 is 1.67. The first-order valence-electron chi connectivity index (χ1n) is 8.23. The van der Waals surface area contributed by atoms with Gasteiger partial charge in [-0.05, 0) is 20.3 Å². The van der Waals surface area contributed by atoms with Crippen molar-refractivity contribution < 1.29 is 9.47 Å². The van der Waals surface area contributed by atoms with Crippen LogP contribution in [0.4, 0.5) is 0 Å². The number of halogens is 1. The molecule has 1 aliphatic rings. The largest absolute Gasteiger partial charge is 0.382 e. The van der Waals surface area contributed by atoms with Crippen LogP contribution in [0.25, 0.3) is 0 Å². The topological polar surface area (TPSA) is 59.0 Å². The fourth-order valence-electron chi connectivity index (χ4n) is 2.60. The number of hydrogen-bond acceptors (Lipinski definition) is 5. The molecule has 0 amide bonds. The predicted molar refractivity (Wildman–Crippen MR) is 109 cm³/mol. The third-order valence-corrected chi connectivity index (χ3v) is 4.84. The van der Waals surface area contributed by atoms with Crippen LogP contribution >= 0.6 is 35.3 Å². The molecular formula is C16H29IN4O2S. The Morgan fingerprint density at radius 3 is 3.00 bits per heavy atom. The second-order valence-electron chi connectivity index (χ2n) is 5.70. The first-order chi connectivity index (χ1) is 11.2. The summed E-state index contributed by atoms with van der Waals surface area (Å²) in [5.41, 5.74) is 2.97. The molecule has 0 aromatic carbocycles. The summed E-state index contributed by atoms with van der Waals surface area (Å²) in [6.45, 7) is 9.89. The van der Waals surface area contributed by atoms with Gasteiger partial charge < -0.3 is 19.7 Å². The van der Waals surface area contributed by atoms with Crippen LogP contribution in [-0.2, 0) is 16.0 Å². The van der Waals surface area contributed by atoms with Crippen LogP contribution in [0.1, 0.15) is 23.9 Å². The molecule has 24 heavy (non-hydrogen) atoms. The number of nitrogens with zero attached hydrogens (tertiary/aromatic N) is 3. The van der Waals surface area contributed by atoms with Gasteiger partial charge in [-0.1, -0.05) is 0 Å².